The molecule has 0 aliphatic carbocycles. The number of benzene rings is 1. The van der Waals surface area contributed by atoms with Crippen LogP contribution in [0.2, 0.25) is 0 Å². The maximum absolute atomic E-state index is 13.6. The van der Waals surface area contributed by atoms with E-state index >= 15 is 0 Å². The Kier molecular flexibility index (Phi) is 3.94. The Morgan fingerprint density at radius 2 is 1.94 bits per heavy atom. The third kappa shape index (κ3) is 2.44. The van der Waals surface area contributed by atoms with E-state index in [1.54, 1.807) is 0 Å². The number of rotatable bonds is 4. The highest BCUT2D eigenvalue weighted by molar-refractivity contribution is 5.78. The third-order valence-electron chi connectivity index (χ3n) is 2.81. The summed E-state index contributed by atoms with van der Waals surface area (Å²) in [6.45, 7) is 5.10. The highest BCUT2D eigenvalue weighted by Crippen LogP contribution is 2.37. The van der Waals surface area contributed by atoms with Gasteiger partial charge in [-0.3, -0.25) is 0 Å². The van der Waals surface area contributed by atoms with E-state index in [0.717, 1.165) is 0 Å². The SMILES string of the molecule is COc1cc(C)c(C(F)(F)C(=O)O)cc1C(C)C. The first-order valence-electron chi connectivity index (χ1n) is 5.52. The molecule has 0 amide bonds. The van der Waals surface area contributed by atoms with E-state index in [1.807, 2.05) is 13.8 Å². The molecule has 18 heavy (non-hydrogen) atoms. The topological polar surface area (TPSA) is 46.5 Å². The number of alkyl halides is 2. The van der Waals surface area contributed by atoms with Gasteiger partial charge < -0.3 is 9.84 Å². The van der Waals surface area contributed by atoms with Gasteiger partial charge in [-0.05, 0) is 36.1 Å². The van der Waals surface area contributed by atoms with Gasteiger partial charge in [0.25, 0.3) is 0 Å². The van der Waals surface area contributed by atoms with Gasteiger partial charge in [0.15, 0.2) is 0 Å². The van der Waals surface area contributed by atoms with E-state index in [9.17, 15) is 13.6 Å². The molecule has 0 unspecified atom stereocenters. The van der Waals surface area contributed by atoms with Crippen LogP contribution in [0.1, 0.15) is 36.5 Å². The molecule has 0 aliphatic rings. The van der Waals surface area contributed by atoms with Crippen molar-refractivity contribution in [3.05, 3.63) is 28.8 Å². The molecule has 0 aromatic heterocycles. The molecule has 1 aromatic carbocycles. The summed E-state index contributed by atoms with van der Waals surface area (Å²) in [7, 11) is 1.45. The fraction of sp³-hybridized carbons (Fsp3) is 0.462. The van der Waals surface area contributed by atoms with Gasteiger partial charge in [-0.25, -0.2) is 4.79 Å². The first kappa shape index (κ1) is 14.4. The minimum absolute atomic E-state index is 0.0381. The number of ether oxygens (including phenoxy) is 1. The third-order valence-corrected chi connectivity index (χ3v) is 2.81. The van der Waals surface area contributed by atoms with Crippen molar-refractivity contribution in [3.63, 3.8) is 0 Å². The molecule has 0 spiro atoms. The van der Waals surface area contributed by atoms with Gasteiger partial charge in [0.2, 0.25) is 0 Å². The average Bonchev–Trinajstić information content (AvgIpc) is 2.27. The number of methoxy groups -OCH3 is 1. The van der Waals surface area contributed by atoms with Gasteiger partial charge in [-0.15, -0.1) is 0 Å². The molecular weight excluding hydrogens is 242 g/mol. The molecule has 0 heterocycles. The summed E-state index contributed by atoms with van der Waals surface area (Å²) >= 11 is 0. The van der Waals surface area contributed by atoms with Crippen molar-refractivity contribution in [1.82, 2.24) is 0 Å². The molecule has 5 heteroatoms. The second kappa shape index (κ2) is 4.92. The van der Waals surface area contributed by atoms with Crippen LogP contribution in [0.25, 0.3) is 0 Å². The van der Waals surface area contributed by atoms with E-state index < -0.39 is 17.5 Å². The molecule has 0 radical (unpaired) electrons. The van der Waals surface area contributed by atoms with E-state index in [0.29, 0.717) is 11.3 Å². The summed E-state index contributed by atoms with van der Waals surface area (Å²) in [5.41, 5.74) is 0.280. The number of carboxylic acids is 1. The minimum atomic E-state index is -3.89. The minimum Gasteiger partial charge on any atom is -0.496 e. The van der Waals surface area contributed by atoms with Crippen molar-refractivity contribution in [3.8, 4) is 5.75 Å². The average molecular weight is 258 g/mol. The van der Waals surface area contributed by atoms with Crippen LogP contribution in [-0.4, -0.2) is 18.2 Å². The van der Waals surface area contributed by atoms with E-state index in [1.165, 1.54) is 26.2 Å². The molecule has 1 aromatic rings. The Labute approximate surface area is 104 Å². The van der Waals surface area contributed by atoms with Gasteiger partial charge in [0.1, 0.15) is 5.75 Å². The lowest BCUT2D eigenvalue weighted by Crippen LogP contribution is -2.26. The van der Waals surface area contributed by atoms with Crippen molar-refractivity contribution >= 4 is 5.97 Å². The normalized spacial score (nSPS) is 11.7. The number of aryl methyl sites for hydroxylation is 1. The number of hydrogen-bond acceptors (Lipinski definition) is 2. The van der Waals surface area contributed by atoms with Gasteiger partial charge in [0, 0.05) is 5.56 Å². The lowest BCUT2D eigenvalue weighted by molar-refractivity contribution is -0.166. The zero-order valence-electron chi connectivity index (χ0n) is 10.8. The Balaban J connectivity index is 3.48. The Hall–Kier alpha value is -1.65. The molecule has 3 nitrogen and oxygen atoms in total. The van der Waals surface area contributed by atoms with Gasteiger partial charge in [-0.2, -0.15) is 8.78 Å². The molecule has 0 atom stereocenters. The van der Waals surface area contributed by atoms with Crippen LogP contribution >= 0.6 is 0 Å². The summed E-state index contributed by atoms with van der Waals surface area (Å²) in [4.78, 5) is 10.6. The number of carbonyl (C=O) groups is 1. The lowest BCUT2D eigenvalue weighted by Gasteiger charge is -2.19. The fourth-order valence-corrected chi connectivity index (χ4v) is 1.78. The second-order valence-electron chi connectivity index (χ2n) is 4.44. The van der Waals surface area contributed by atoms with Crippen molar-refractivity contribution in [2.75, 3.05) is 7.11 Å². The highest BCUT2D eigenvalue weighted by Gasteiger charge is 2.42. The predicted octanol–water partition coefficient (Wildman–Crippen LogP) is 3.30. The first-order chi connectivity index (χ1) is 8.21. The van der Waals surface area contributed by atoms with Crippen molar-refractivity contribution in [2.45, 2.75) is 32.6 Å². The van der Waals surface area contributed by atoms with Crippen LogP contribution in [0.15, 0.2) is 12.1 Å². The van der Waals surface area contributed by atoms with Crippen LogP contribution < -0.4 is 4.74 Å². The fourth-order valence-electron chi connectivity index (χ4n) is 1.78. The van der Waals surface area contributed by atoms with Crippen molar-refractivity contribution in [2.24, 2.45) is 0 Å². The van der Waals surface area contributed by atoms with Gasteiger partial charge >= 0.3 is 11.9 Å². The smallest absolute Gasteiger partial charge is 0.379 e. The Morgan fingerprint density at radius 1 is 1.39 bits per heavy atom. The highest BCUT2D eigenvalue weighted by atomic mass is 19.3. The molecule has 0 saturated heterocycles. The first-order valence-corrected chi connectivity index (χ1v) is 5.52. The molecular formula is C13H16F2O3. The molecule has 1 rings (SSSR count). The Bertz CT molecular complexity index is 468. The maximum atomic E-state index is 13.6. The standard InChI is InChI=1S/C13H16F2O3/c1-7(2)9-6-10(13(14,15)12(16)17)8(3)5-11(9)18-4/h5-7H,1-4H3,(H,16,17). The Morgan fingerprint density at radius 3 is 2.33 bits per heavy atom. The molecule has 0 aliphatic heterocycles. The summed E-state index contributed by atoms with van der Waals surface area (Å²) in [5, 5.41) is 8.59. The van der Waals surface area contributed by atoms with Crippen LogP contribution in [0.5, 0.6) is 5.75 Å². The second-order valence-corrected chi connectivity index (χ2v) is 4.44. The summed E-state index contributed by atoms with van der Waals surface area (Å²) < 4.78 is 32.3. The largest absolute Gasteiger partial charge is 0.496 e. The zero-order valence-corrected chi connectivity index (χ0v) is 10.8. The number of aliphatic carboxylic acids is 1. The summed E-state index contributed by atoms with van der Waals surface area (Å²) in [6.07, 6.45) is 0. The monoisotopic (exact) mass is 258 g/mol. The molecule has 100 valence electrons. The lowest BCUT2D eigenvalue weighted by atomic mass is 9.93. The van der Waals surface area contributed by atoms with Crippen molar-refractivity contribution in [1.29, 1.82) is 0 Å². The van der Waals surface area contributed by atoms with Crippen LogP contribution in [0.3, 0.4) is 0 Å². The summed E-state index contributed by atoms with van der Waals surface area (Å²) in [6, 6.07) is 2.66. The maximum Gasteiger partial charge on any atom is 0.379 e. The van der Waals surface area contributed by atoms with E-state index in [-0.39, 0.29) is 11.5 Å². The van der Waals surface area contributed by atoms with E-state index in [4.69, 9.17) is 9.84 Å². The summed E-state index contributed by atoms with van der Waals surface area (Å²) in [5.74, 6) is -5.58. The molecule has 1 N–H and O–H groups in total. The van der Waals surface area contributed by atoms with Crippen LogP contribution in [0.4, 0.5) is 8.78 Å². The quantitative estimate of drug-likeness (QED) is 0.901. The zero-order chi connectivity index (χ0) is 14.1. The number of hydrogen-bond donors (Lipinski definition) is 1. The van der Waals surface area contributed by atoms with Crippen LogP contribution in [-0.2, 0) is 10.7 Å². The molecule has 0 bridgehead atoms. The predicted molar refractivity (Wildman–Crippen MR) is 63.3 cm³/mol. The van der Waals surface area contributed by atoms with E-state index in [2.05, 4.69) is 0 Å². The molecule has 0 saturated carbocycles. The van der Waals surface area contributed by atoms with Gasteiger partial charge in [-0.1, -0.05) is 13.8 Å². The number of carboxylic acid groups (broad SMARTS) is 1. The van der Waals surface area contributed by atoms with Crippen molar-refractivity contribution < 1.29 is 23.4 Å². The van der Waals surface area contributed by atoms with Gasteiger partial charge in [0.05, 0.1) is 7.11 Å². The number of halogens is 2. The van der Waals surface area contributed by atoms with Crippen LogP contribution in [0, 0.1) is 6.92 Å². The molecule has 0 fully saturated rings.